The Hall–Kier alpha value is -5.52. The molecule has 7 atom stereocenters. The van der Waals surface area contributed by atoms with Crippen molar-refractivity contribution in [3.05, 3.63) is 139 Å². The van der Waals surface area contributed by atoms with E-state index in [1.165, 1.54) is 0 Å². The van der Waals surface area contributed by atoms with Gasteiger partial charge in [-0.1, -0.05) is 97.1 Å². The second-order valence-electron chi connectivity index (χ2n) is 13.8. The molecule has 2 bridgehead atoms. The summed E-state index contributed by atoms with van der Waals surface area (Å²) in [5.74, 6) is -3.33. The van der Waals surface area contributed by atoms with Gasteiger partial charge < -0.3 is 24.0 Å². The van der Waals surface area contributed by atoms with E-state index in [0.717, 1.165) is 16.2 Å². The topological polar surface area (TPSA) is 115 Å². The van der Waals surface area contributed by atoms with Gasteiger partial charge in [-0.15, -0.1) is 13.2 Å². The zero-order valence-corrected chi connectivity index (χ0v) is 30.9. The van der Waals surface area contributed by atoms with E-state index in [1.54, 1.807) is 72.5 Å². The van der Waals surface area contributed by atoms with Crippen molar-refractivity contribution in [3.8, 4) is 5.75 Å². The van der Waals surface area contributed by atoms with Gasteiger partial charge in [0.05, 0.1) is 25.2 Å². The molecule has 0 saturated carbocycles. The Labute approximate surface area is 316 Å². The molecule has 0 radical (unpaired) electrons. The highest BCUT2D eigenvalue weighted by molar-refractivity contribution is 5.98. The third-order valence-corrected chi connectivity index (χ3v) is 10.5. The SMILES string of the molecule is C=CCCC(=O)N(C)[C@H](C)[C@H](OC(=O)[C@@H]1[C@@H]2C=C[C@]3(O2)[C@H](C(=O)N(CC=C)Cc2ccccc2)N(OCc2ccc(OC)cc2)C(=O)[C@@H]13)c1ccccc1. The van der Waals surface area contributed by atoms with Crippen LogP contribution in [0.25, 0.3) is 0 Å². The third-order valence-electron chi connectivity index (χ3n) is 10.5. The van der Waals surface area contributed by atoms with Crippen LogP contribution in [0.4, 0.5) is 0 Å². The van der Waals surface area contributed by atoms with Gasteiger partial charge in [-0.2, -0.15) is 0 Å². The summed E-state index contributed by atoms with van der Waals surface area (Å²) in [6.07, 6.45) is 5.84. The Bertz CT molecular complexity index is 1870. The number of rotatable bonds is 17. The molecule has 3 aliphatic heterocycles. The molecule has 11 nitrogen and oxygen atoms in total. The zero-order valence-electron chi connectivity index (χ0n) is 30.9. The maximum absolute atomic E-state index is 14.8. The standard InChI is InChI=1S/C43H47N3O8/c1-6-8-19-35(47)44(4)29(3)38(32-17-13-10-14-18-32)53-42(50)36-34-24-25-43(54-34)37(36)40(48)46(52-28-31-20-22-33(51-5)23-21-31)39(43)41(49)45(26-7-2)27-30-15-11-9-12-16-30/h6-7,9-18,20-25,29,34,36-39H,1-2,8,19,26-28H2,3-5H3/t29-,34+,36-,37-,38+,39+,43-/m1/s1. The lowest BCUT2D eigenvalue weighted by molar-refractivity contribution is -0.211. The lowest BCUT2D eigenvalue weighted by Gasteiger charge is -2.35. The van der Waals surface area contributed by atoms with Gasteiger partial charge in [0, 0.05) is 26.6 Å². The highest BCUT2D eigenvalue weighted by atomic mass is 16.7. The van der Waals surface area contributed by atoms with E-state index in [-0.39, 0.29) is 32.0 Å². The van der Waals surface area contributed by atoms with Crippen LogP contribution in [-0.4, -0.2) is 83.0 Å². The molecule has 282 valence electrons. The van der Waals surface area contributed by atoms with Crippen molar-refractivity contribution >= 4 is 23.7 Å². The monoisotopic (exact) mass is 733 g/mol. The number of hydroxylamine groups is 2. The van der Waals surface area contributed by atoms with Crippen LogP contribution < -0.4 is 4.74 Å². The largest absolute Gasteiger partial charge is 0.497 e. The molecule has 6 rings (SSSR count). The number of hydrogen-bond donors (Lipinski definition) is 0. The van der Waals surface area contributed by atoms with Gasteiger partial charge in [0.2, 0.25) is 5.91 Å². The second-order valence-corrected chi connectivity index (χ2v) is 13.8. The molecule has 3 aromatic carbocycles. The first-order chi connectivity index (χ1) is 26.1. The minimum atomic E-state index is -1.51. The molecular weight excluding hydrogens is 686 g/mol. The molecule has 0 unspecified atom stereocenters. The predicted molar refractivity (Wildman–Crippen MR) is 201 cm³/mol. The first-order valence-corrected chi connectivity index (χ1v) is 18.1. The normalized spacial score (nSPS) is 23.3. The van der Waals surface area contributed by atoms with Crippen LogP contribution in [0.3, 0.4) is 0 Å². The molecule has 3 amide bonds. The van der Waals surface area contributed by atoms with Crippen molar-refractivity contribution in [1.29, 1.82) is 0 Å². The van der Waals surface area contributed by atoms with Crippen molar-refractivity contribution in [2.24, 2.45) is 11.8 Å². The number of nitrogens with zero attached hydrogens (tertiary/aromatic N) is 3. The maximum Gasteiger partial charge on any atom is 0.313 e. The van der Waals surface area contributed by atoms with Crippen LogP contribution in [-0.2, 0) is 46.6 Å². The Kier molecular flexibility index (Phi) is 11.8. The number of hydrogen-bond acceptors (Lipinski definition) is 8. The second kappa shape index (κ2) is 16.7. The highest BCUT2D eigenvalue weighted by Crippen LogP contribution is 2.56. The smallest absolute Gasteiger partial charge is 0.313 e. The molecule has 54 heavy (non-hydrogen) atoms. The van der Waals surface area contributed by atoms with Crippen molar-refractivity contribution in [2.45, 2.75) is 62.8 Å². The van der Waals surface area contributed by atoms with E-state index in [2.05, 4.69) is 13.2 Å². The summed E-state index contributed by atoms with van der Waals surface area (Å²) in [5.41, 5.74) is 0.801. The average Bonchev–Trinajstić information content (AvgIpc) is 3.85. The Balaban J connectivity index is 1.33. The number of carbonyl (C=O) groups excluding carboxylic acids is 4. The number of likely N-dealkylation sites (N-methyl/N-ethyl adjacent to an activating group) is 1. The summed E-state index contributed by atoms with van der Waals surface area (Å²) in [6, 6.07) is 24.1. The summed E-state index contributed by atoms with van der Waals surface area (Å²) in [6.45, 7) is 9.82. The summed E-state index contributed by atoms with van der Waals surface area (Å²) < 4.78 is 18.2. The van der Waals surface area contributed by atoms with E-state index >= 15 is 0 Å². The first kappa shape index (κ1) is 38.2. The van der Waals surface area contributed by atoms with Crippen LogP contribution in [0.15, 0.2) is 122 Å². The maximum atomic E-state index is 14.8. The van der Waals surface area contributed by atoms with E-state index < -0.39 is 59.5 Å². The Morgan fingerprint density at radius 2 is 1.65 bits per heavy atom. The van der Waals surface area contributed by atoms with Crippen LogP contribution in [0.5, 0.6) is 5.75 Å². The van der Waals surface area contributed by atoms with Crippen molar-refractivity contribution in [2.75, 3.05) is 20.7 Å². The van der Waals surface area contributed by atoms with Crippen molar-refractivity contribution in [1.82, 2.24) is 14.9 Å². The fourth-order valence-electron chi connectivity index (χ4n) is 7.58. The number of benzene rings is 3. The fourth-order valence-corrected chi connectivity index (χ4v) is 7.58. The molecule has 0 N–H and O–H groups in total. The van der Waals surface area contributed by atoms with Gasteiger partial charge in [0.1, 0.15) is 30.0 Å². The number of allylic oxidation sites excluding steroid dienone is 1. The van der Waals surface area contributed by atoms with Crippen molar-refractivity contribution < 1.29 is 38.2 Å². The lowest BCUT2D eigenvalue weighted by atomic mass is 9.74. The van der Waals surface area contributed by atoms with Crippen LogP contribution in [0, 0.1) is 11.8 Å². The minimum absolute atomic E-state index is 0.0372. The summed E-state index contributed by atoms with van der Waals surface area (Å²) >= 11 is 0. The number of esters is 1. The van der Waals surface area contributed by atoms with Crippen LogP contribution in [0.2, 0.25) is 0 Å². The lowest BCUT2D eigenvalue weighted by Crippen LogP contribution is -2.55. The molecule has 2 saturated heterocycles. The van der Waals surface area contributed by atoms with Gasteiger partial charge in [-0.05, 0) is 42.2 Å². The molecule has 3 heterocycles. The van der Waals surface area contributed by atoms with E-state index in [9.17, 15) is 19.2 Å². The summed E-state index contributed by atoms with van der Waals surface area (Å²) in [5, 5.41) is 1.09. The average molecular weight is 734 g/mol. The molecule has 11 heteroatoms. The highest BCUT2D eigenvalue weighted by Gasteiger charge is 2.74. The van der Waals surface area contributed by atoms with E-state index in [1.807, 2.05) is 67.6 Å². The number of amides is 3. The van der Waals surface area contributed by atoms with Crippen LogP contribution in [0.1, 0.15) is 42.6 Å². The van der Waals surface area contributed by atoms with Gasteiger partial charge >= 0.3 is 5.97 Å². The molecule has 2 fully saturated rings. The number of fused-ring (bicyclic) bond motifs is 1. The molecule has 3 aliphatic rings. The molecule has 0 aliphatic carbocycles. The van der Waals surface area contributed by atoms with E-state index in [0.29, 0.717) is 17.7 Å². The quantitative estimate of drug-likeness (QED) is 0.130. The number of ether oxygens (including phenoxy) is 3. The fraction of sp³-hybridized carbons (Fsp3) is 0.349. The number of carbonyl (C=O) groups is 4. The minimum Gasteiger partial charge on any atom is -0.497 e. The summed E-state index contributed by atoms with van der Waals surface area (Å²) in [4.78, 5) is 66.4. The molecular formula is C43H47N3O8. The van der Waals surface area contributed by atoms with E-state index in [4.69, 9.17) is 19.0 Å². The van der Waals surface area contributed by atoms with Gasteiger partial charge in [-0.25, -0.2) is 5.06 Å². The molecule has 1 spiro atoms. The van der Waals surface area contributed by atoms with Crippen LogP contribution >= 0.6 is 0 Å². The zero-order chi connectivity index (χ0) is 38.4. The van der Waals surface area contributed by atoms with Gasteiger partial charge in [0.25, 0.3) is 11.8 Å². The van der Waals surface area contributed by atoms with Gasteiger partial charge in [-0.3, -0.25) is 24.0 Å². The predicted octanol–water partition coefficient (Wildman–Crippen LogP) is 5.59. The third kappa shape index (κ3) is 7.47. The van der Waals surface area contributed by atoms with Gasteiger partial charge in [0.15, 0.2) is 6.04 Å². The molecule has 0 aromatic heterocycles. The number of methoxy groups -OCH3 is 1. The Morgan fingerprint density at radius 1 is 0.963 bits per heavy atom. The van der Waals surface area contributed by atoms with Crippen molar-refractivity contribution in [3.63, 3.8) is 0 Å². The molecule has 3 aromatic rings. The Morgan fingerprint density at radius 3 is 2.30 bits per heavy atom. The first-order valence-electron chi connectivity index (χ1n) is 18.1. The summed E-state index contributed by atoms with van der Waals surface area (Å²) in [7, 11) is 3.25.